The van der Waals surface area contributed by atoms with Crippen LogP contribution in [0.3, 0.4) is 0 Å². The normalized spacial score (nSPS) is 14.8. The molecule has 0 aliphatic carbocycles. The fourth-order valence-electron chi connectivity index (χ4n) is 2.75. The molecule has 9 heteroatoms. The van der Waals surface area contributed by atoms with Gasteiger partial charge in [0.2, 0.25) is 5.91 Å². The van der Waals surface area contributed by atoms with Gasteiger partial charge in [0.15, 0.2) is 0 Å². The fourth-order valence-corrected chi connectivity index (χ4v) is 2.75. The van der Waals surface area contributed by atoms with Gasteiger partial charge in [-0.1, -0.05) is 6.07 Å². The second kappa shape index (κ2) is 9.05. The molecule has 0 saturated carbocycles. The van der Waals surface area contributed by atoms with Gasteiger partial charge in [-0.15, -0.1) is 0 Å². The number of carbonyl (C=O) groups is 3. The molecule has 3 rings (SSSR count). The lowest BCUT2D eigenvalue weighted by Gasteiger charge is -2.29. The minimum absolute atomic E-state index is 0.153. The predicted octanol–water partition coefficient (Wildman–Crippen LogP) is 1.90. The second-order valence-electron chi connectivity index (χ2n) is 6.30. The Morgan fingerprint density at radius 1 is 1.07 bits per heavy atom. The number of urea groups is 1. The Labute approximate surface area is 162 Å². The lowest BCUT2D eigenvalue weighted by molar-refractivity contribution is -0.136. The number of hydrogen-bond donors (Lipinski definition) is 3. The van der Waals surface area contributed by atoms with E-state index in [0.717, 1.165) is 0 Å². The van der Waals surface area contributed by atoms with Crippen molar-refractivity contribution in [1.82, 2.24) is 10.2 Å². The number of amides is 4. The van der Waals surface area contributed by atoms with Crippen molar-refractivity contribution in [3.05, 3.63) is 48.4 Å². The first-order valence-corrected chi connectivity index (χ1v) is 8.90. The van der Waals surface area contributed by atoms with Gasteiger partial charge in [-0.2, -0.15) is 0 Å². The average Bonchev–Trinajstić information content (AvgIpc) is 3.23. The highest BCUT2D eigenvalue weighted by atomic mass is 16.5. The van der Waals surface area contributed by atoms with Gasteiger partial charge in [-0.3, -0.25) is 9.59 Å². The van der Waals surface area contributed by atoms with Crippen molar-refractivity contribution < 1.29 is 23.5 Å². The monoisotopic (exact) mass is 386 g/mol. The molecule has 1 fully saturated rings. The van der Waals surface area contributed by atoms with E-state index in [1.807, 2.05) is 0 Å². The average molecular weight is 386 g/mol. The van der Waals surface area contributed by atoms with Gasteiger partial charge in [0.1, 0.15) is 12.3 Å². The number of morpholine rings is 1. The molecule has 9 nitrogen and oxygen atoms in total. The zero-order valence-corrected chi connectivity index (χ0v) is 15.4. The molecule has 1 saturated heterocycles. The maximum Gasteiger partial charge on any atom is 0.319 e. The SMILES string of the molecule is C[C@@H](NC(=O)Nc1cccc(NC(=O)c2ccoc2)c1)C(=O)N1CCOCC1. The molecule has 1 atom stereocenters. The van der Waals surface area contributed by atoms with Gasteiger partial charge in [0.25, 0.3) is 5.91 Å². The molecule has 2 heterocycles. The summed E-state index contributed by atoms with van der Waals surface area (Å²) in [5.41, 5.74) is 1.39. The molecular formula is C19H22N4O5. The third-order valence-electron chi connectivity index (χ3n) is 4.20. The van der Waals surface area contributed by atoms with Crippen molar-refractivity contribution in [2.45, 2.75) is 13.0 Å². The molecular weight excluding hydrogens is 364 g/mol. The quantitative estimate of drug-likeness (QED) is 0.726. The van der Waals surface area contributed by atoms with Crippen molar-refractivity contribution in [3.63, 3.8) is 0 Å². The second-order valence-corrected chi connectivity index (χ2v) is 6.30. The Hall–Kier alpha value is -3.33. The third-order valence-corrected chi connectivity index (χ3v) is 4.20. The van der Waals surface area contributed by atoms with Gasteiger partial charge in [-0.25, -0.2) is 4.79 Å². The molecule has 0 spiro atoms. The summed E-state index contributed by atoms with van der Waals surface area (Å²) in [6, 6.07) is 7.08. The minimum Gasteiger partial charge on any atom is -0.472 e. The lowest BCUT2D eigenvalue weighted by Crippen LogP contribution is -2.51. The van der Waals surface area contributed by atoms with Crippen molar-refractivity contribution >= 4 is 29.2 Å². The summed E-state index contributed by atoms with van der Waals surface area (Å²) < 4.78 is 10.1. The minimum atomic E-state index is -0.665. The van der Waals surface area contributed by atoms with Crippen LogP contribution in [0.25, 0.3) is 0 Å². The summed E-state index contributed by atoms with van der Waals surface area (Å²) in [6.07, 6.45) is 2.76. The van der Waals surface area contributed by atoms with E-state index >= 15 is 0 Å². The molecule has 1 aromatic heterocycles. The van der Waals surface area contributed by atoms with Crippen LogP contribution in [0.1, 0.15) is 17.3 Å². The first kappa shape index (κ1) is 19.4. The number of anilines is 2. The standard InChI is InChI=1S/C19H22N4O5/c1-13(18(25)23-6-9-27-10-7-23)20-19(26)22-16-4-2-3-15(11-16)21-17(24)14-5-8-28-12-14/h2-5,8,11-13H,6-7,9-10H2,1H3,(H,21,24)(H2,20,22,26)/t13-/m1/s1. The van der Waals surface area contributed by atoms with Crippen LogP contribution in [0.5, 0.6) is 0 Å². The number of benzene rings is 1. The number of nitrogens with one attached hydrogen (secondary N) is 3. The van der Waals surface area contributed by atoms with Gasteiger partial charge in [-0.05, 0) is 31.2 Å². The molecule has 148 valence electrons. The predicted molar refractivity (Wildman–Crippen MR) is 102 cm³/mol. The highest BCUT2D eigenvalue weighted by Gasteiger charge is 2.23. The first-order valence-electron chi connectivity index (χ1n) is 8.90. The van der Waals surface area contributed by atoms with E-state index in [2.05, 4.69) is 16.0 Å². The van der Waals surface area contributed by atoms with Gasteiger partial charge < -0.3 is 30.0 Å². The third kappa shape index (κ3) is 5.10. The molecule has 4 amide bonds. The summed E-state index contributed by atoms with van der Waals surface area (Å²) in [5.74, 6) is -0.473. The van der Waals surface area contributed by atoms with Crippen LogP contribution in [0, 0.1) is 0 Å². The molecule has 0 unspecified atom stereocenters. The van der Waals surface area contributed by atoms with Crippen LogP contribution >= 0.6 is 0 Å². The smallest absolute Gasteiger partial charge is 0.319 e. The van der Waals surface area contributed by atoms with Crippen LogP contribution in [0.15, 0.2) is 47.3 Å². The van der Waals surface area contributed by atoms with Crippen LogP contribution in [-0.2, 0) is 9.53 Å². The van der Waals surface area contributed by atoms with E-state index < -0.39 is 12.1 Å². The number of nitrogens with zero attached hydrogens (tertiary/aromatic N) is 1. The molecule has 0 radical (unpaired) electrons. The van der Waals surface area contributed by atoms with Crippen molar-refractivity contribution in [1.29, 1.82) is 0 Å². The Kier molecular flexibility index (Phi) is 6.28. The highest BCUT2D eigenvalue weighted by Crippen LogP contribution is 2.16. The first-order chi connectivity index (χ1) is 13.5. The lowest BCUT2D eigenvalue weighted by atomic mass is 10.2. The van der Waals surface area contributed by atoms with E-state index in [1.165, 1.54) is 12.5 Å². The van der Waals surface area contributed by atoms with Crippen LogP contribution in [0.2, 0.25) is 0 Å². The maximum atomic E-state index is 12.3. The summed E-state index contributed by atoms with van der Waals surface area (Å²) in [7, 11) is 0. The number of ether oxygens (including phenoxy) is 1. The summed E-state index contributed by atoms with van der Waals surface area (Å²) in [6.45, 7) is 3.68. The van der Waals surface area contributed by atoms with Crippen molar-refractivity contribution in [2.75, 3.05) is 36.9 Å². The number of furan rings is 1. The molecule has 28 heavy (non-hydrogen) atoms. The molecule has 3 N–H and O–H groups in total. The van der Waals surface area contributed by atoms with Gasteiger partial charge in [0.05, 0.1) is 25.0 Å². The number of rotatable bonds is 5. The Balaban J connectivity index is 1.53. The molecule has 0 bridgehead atoms. The Morgan fingerprint density at radius 2 is 1.79 bits per heavy atom. The Morgan fingerprint density at radius 3 is 2.46 bits per heavy atom. The maximum absolute atomic E-state index is 12.3. The van der Waals surface area contributed by atoms with Crippen LogP contribution in [-0.4, -0.2) is 55.1 Å². The van der Waals surface area contributed by atoms with Crippen molar-refractivity contribution in [2.24, 2.45) is 0 Å². The van der Waals surface area contributed by atoms with Gasteiger partial charge >= 0.3 is 6.03 Å². The number of carbonyl (C=O) groups excluding carboxylic acids is 3. The van der Waals surface area contributed by atoms with Crippen LogP contribution < -0.4 is 16.0 Å². The molecule has 2 aromatic rings. The topological polar surface area (TPSA) is 113 Å². The summed E-state index contributed by atoms with van der Waals surface area (Å²) in [4.78, 5) is 38.3. The largest absolute Gasteiger partial charge is 0.472 e. The summed E-state index contributed by atoms with van der Waals surface area (Å²) >= 11 is 0. The molecule has 1 aliphatic heterocycles. The van der Waals surface area contributed by atoms with Crippen molar-refractivity contribution in [3.8, 4) is 0 Å². The van der Waals surface area contributed by atoms with E-state index in [0.29, 0.717) is 43.2 Å². The number of hydrogen-bond acceptors (Lipinski definition) is 5. The van der Waals surface area contributed by atoms with E-state index in [-0.39, 0.29) is 11.8 Å². The Bertz CT molecular complexity index is 831. The van der Waals surface area contributed by atoms with Crippen LogP contribution in [0.4, 0.5) is 16.2 Å². The zero-order valence-electron chi connectivity index (χ0n) is 15.4. The van der Waals surface area contributed by atoms with E-state index in [1.54, 1.807) is 42.2 Å². The highest BCUT2D eigenvalue weighted by molar-refractivity contribution is 6.04. The zero-order chi connectivity index (χ0) is 19.9. The summed E-state index contributed by atoms with van der Waals surface area (Å²) in [5, 5.41) is 8.01. The van der Waals surface area contributed by atoms with E-state index in [9.17, 15) is 14.4 Å². The molecule has 1 aromatic carbocycles. The fraction of sp³-hybridized carbons (Fsp3) is 0.316. The molecule has 1 aliphatic rings. The van der Waals surface area contributed by atoms with E-state index in [4.69, 9.17) is 9.15 Å². The van der Waals surface area contributed by atoms with Gasteiger partial charge in [0, 0.05) is 24.5 Å².